The first-order chi connectivity index (χ1) is 10.6. The van der Waals surface area contributed by atoms with E-state index in [2.05, 4.69) is 15.9 Å². The lowest BCUT2D eigenvalue weighted by Crippen LogP contribution is -2.26. The highest BCUT2D eigenvalue weighted by Gasteiger charge is 2.13. The molecule has 0 atom stereocenters. The average molecular weight is 383 g/mol. The molecule has 0 saturated heterocycles. The number of rotatable bonds is 6. The summed E-state index contributed by atoms with van der Waals surface area (Å²) >= 11 is 9.51. The molecule has 0 aliphatic rings. The van der Waals surface area contributed by atoms with Crippen molar-refractivity contribution in [3.8, 4) is 5.75 Å². The lowest BCUT2D eigenvalue weighted by molar-refractivity contribution is -0.118. The van der Waals surface area contributed by atoms with Crippen LogP contribution in [0.4, 0.5) is 5.69 Å². The zero-order chi connectivity index (χ0) is 15.9. The van der Waals surface area contributed by atoms with Crippen molar-refractivity contribution < 1.29 is 9.53 Å². The van der Waals surface area contributed by atoms with E-state index in [0.29, 0.717) is 30.2 Å². The van der Waals surface area contributed by atoms with E-state index in [1.807, 2.05) is 42.5 Å². The van der Waals surface area contributed by atoms with Gasteiger partial charge in [0, 0.05) is 17.9 Å². The molecule has 0 aromatic heterocycles. The Morgan fingerprint density at radius 1 is 1.23 bits per heavy atom. The zero-order valence-electron chi connectivity index (χ0n) is 12.3. The molecule has 3 nitrogen and oxygen atoms in total. The summed E-state index contributed by atoms with van der Waals surface area (Å²) in [6.45, 7) is 0.512. The van der Waals surface area contributed by atoms with E-state index in [0.717, 1.165) is 10.2 Å². The lowest BCUT2D eigenvalue weighted by atomic mass is 10.2. The van der Waals surface area contributed by atoms with Crippen molar-refractivity contribution in [3.63, 3.8) is 0 Å². The van der Waals surface area contributed by atoms with Crippen molar-refractivity contribution in [2.24, 2.45) is 0 Å². The molecule has 116 valence electrons. The van der Waals surface area contributed by atoms with Crippen LogP contribution >= 0.6 is 27.5 Å². The summed E-state index contributed by atoms with van der Waals surface area (Å²) in [4.78, 5) is 13.8. The van der Waals surface area contributed by atoms with Gasteiger partial charge >= 0.3 is 0 Å². The fourth-order valence-corrected chi connectivity index (χ4v) is 2.79. The van der Waals surface area contributed by atoms with E-state index in [1.54, 1.807) is 18.0 Å². The molecule has 2 rings (SSSR count). The van der Waals surface area contributed by atoms with Gasteiger partial charge in [0.25, 0.3) is 0 Å². The van der Waals surface area contributed by atoms with E-state index >= 15 is 0 Å². The predicted molar refractivity (Wildman–Crippen MR) is 93.7 cm³/mol. The van der Waals surface area contributed by atoms with Gasteiger partial charge in [0.15, 0.2) is 0 Å². The van der Waals surface area contributed by atoms with Gasteiger partial charge in [-0.25, -0.2) is 0 Å². The molecule has 0 radical (unpaired) electrons. The van der Waals surface area contributed by atoms with E-state index < -0.39 is 0 Å². The number of hydrogen-bond acceptors (Lipinski definition) is 2. The molecule has 0 aliphatic heterocycles. The first-order valence-electron chi connectivity index (χ1n) is 6.97. The Morgan fingerprint density at radius 2 is 1.95 bits per heavy atom. The Kier molecular flexibility index (Phi) is 6.28. The van der Waals surface area contributed by atoms with Crippen LogP contribution in [-0.4, -0.2) is 19.6 Å². The van der Waals surface area contributed by atoms with Gasteiger partial charge in [-0.3, -0.25) is 4.79 Å². The van der Waals surface area contributed by atoms with Crippen molar-refractivity contribution in [1.29, 1.82) is 0 Å². The van der Waals surface area contributed by atoms with Gasteiger partial charge in [0.1, 0.15) is 5.75 Å². The average Bonchev–Trinajstić information content (AvgIpc) is 2.52. The fourth-order valence-electron chi connectivity index (χ4n) is 1.99. The third kappa shape index (κ3) is 4.75. The molecule has 0 N–H and O–H groups in total. The van der Waals surface area contributed by atoms with Gasteiger partial charge in [0.05, 0.1) is 17.3 Å². The Bertz CT molecular complexity index is 634. The molecule has 0 spiro atoms. The van der Waals surface area contributed by atoms with Crippen molar-refractivity contribution in [3.05, 3.63) is 58.0 Å². The summed E-state index contributed by atoms with van der Waals surface area (Å²) in [5, 5.41) is 0.547. The maximum atomic E-state index is 12.2. The molecule has 2 aromatic carbocycles. The van der Waals surface area contributed by atoms with E-state index in [4.69, 9.17) is 16.3 Å². The van der Waals surface area contributed by atoms with Crippen LogP contribution in [0.5, 0.6) is 5.75 Å². The first-order valence-corrected chi connectivity index (χ1v) is 8.14. The topological polar surface area (TPSA) is 29.5 Å². The standard InChI is InChI=1S/C17H17BrClNO2/c1-20(16-10-9-13(18)12-15(16)19)17(21)8-5-11-22-14-6-3-2-4-7-14/h2-4,6-7,9-10,12H,5,8,11H2,1H3. The normalized spacial score (nSPS) is 10.3. The number of hydrogen-bond donors (Lipinski definition) is 0. The van der Waals surface area contributed by atoms with Crippen LogP contribution in [-0.2, 0) is 4.79 Å². The van der Waals surface area contributed by atoms with Gasteiger partial charge in [-0.2, -0.15) is 0 Å². The van der Waals surface area contributed by atoms with E-state index in [1.165, 1.54) is 0 Å². The van der Waals surface area contributed by atoms with Crippen LogP contribution in [0, 0.1) is 0 Å². The number of benzene rings is 2. The van der Waals surface area contributed by atoms with Gasteiger partial charge < -0.3 is 9.64 Å². The summed E-state index contributed by atoms with van der Waals surface area (Å²) in [5.41, 5.74) is 0.707. The zero-order valence-corrected chi connectivity index (χ0v) is 14.6. The number of ether oxygens (including phenoxy) is 1. The van der Waals surface area contributed by atoms with Crippen molar-refractivity contribution in [1.82, 2.24) is 0 Å². The number of carbonyl (C=O) groups excluding carboxylic acids is 1. The first kappa shape index (κ1) is 16.8. The minimum absolute atomic E-state index is 0.0147. The molecule has 22 heavy (non-hydrogen) atoms. The van der Waals surface area contributed by atoms with E-state index in [-0.39, 0.29) is 5.91 Å². The van der Waals surface area contributed by atoms with Crippen molar-refractivity contribution in [2.45, 2.75) is 12.8 Å². The maximum Gasteiger partial charge on any atom is 0.226 e. The van der Waals surface area contributed by atoms with Crippen LogP contribution in [0.1, 0.15) is 12.8 Å². The highest BCUT2D eigenvalue weighted by Crippen LogP contribution is 2.28. The predicted octanol–water partition coefficient (Wildman–Crippen LogP) is 4.92. The lowest BCUT2D eigenvalue weighted by Gasteiger charge is -2.19. The smallest absolute Gasteiger partial charge is 0.226 e. The SMILES string of the molecule is CN(C(=O)CCCOc1ccccc1)c1ccc(Br)cc1Cl. The Morgan fingerprint density at radius 3 is 2.64 bits per heavy atom. The van der Waals surface area contributed by atoms with Crippen molar-refractivity contribution in [2.75, 3.05) is 18.6 Å². The molecule has 1 amide bonds. The number of nitrogens with zero attached hydrogens (tertiary/aromatic N) is 1. The summed E-state index contributed by atoms with van der Waals surface area (Å²) in [7, 11) is 1.73. The number of amides is 1. The molecule has 0 unspecified atom stereocenters. The van der Waals surface area contributed by atoms with Gasteiger partial charge in [0.2, 0.25) is 5.91 Å². The number of anilines is 1. The third-order valence-corrected chi connectivity index (χ3v) is 3.99. The molecule has 2 aromatic rings. The van der Waals surface area contributed by atoms with Crippen LogP contribution in [0.25, 0.3) is 0 Å². The highest BCUT2D eigenvalue weighted by atomic mass is 79.9. The largest absolute Gasteiger partial charge is 0.494 e. The third-order valence-electron chi connectivity index (χ3n) is 3.19. The van der Waals surface area contributed by atoms with Crippen LogP contribution < -0.4 is 9.64 Å². The minimum atomic E-state index is 0.0147. The summed E-state index contributed by atoms with van der Waals surface area (Å²) < 4.78 is 6.47. The van der Waals surface area contributed by atoms with Crippen molar-refractivity contribution >= 4 is 39.1 Å². The summed E-state index contributed by atoms with van der Waals surface area (Å²) in [5.74, 6) is 0.833. The molecular weight excluding hydrogens is 366 g/mol. The maximum absolute atomic E-state index is 12.2. The van der Waals surface area contributed by atoms with Gasteiger partial charge in [-0.05, 0) is 36.8 Å². The van der Waals surface area contributed by atoms with E-state index in [9.17, 15) is 4.79 Å². The minimum Gasteiger partial charge on any atom is -0.494 e. The van der Waals surface area contributed by atoms with Crippen LogP contribution in [0.15, 0.2) is 53.0 Å². The molecule has 0 heterocycles. The molecule has 0 saturated carbocycles. The Hall–Kier alpha value is -1.52. The number of carbonyl (C=O) groups is 1. The monoisotopic (exact) mass is 381 g/mol. The fraction of sp³-hybridized carbons (Fsp3) is 0.235. The molecular formula is C17H17BrClNO2. The van der Waals surface area contributed by atoms with Crippen LogP contribution in [0.3, 0.4) is 0 Å². The number of halogens is 2. The second-order valence-electron chi connectivity index (χ2n) is 4.81. The molecule has 5 heteroatoms. The Labute approximate surface area is 144 Å². The summed E-state index contributed by atoms with van der Waals surface area (Å²) in [6, 6.07) is 15.0. The van der Waals surface area contributed by atoms with Gasteiger partial charge in [-0.1, -0.05) is 45.7 Å². The summed E-state index contributed by atoms with van der Waals surface area (Å²) in [6.07, 6.45) is 1.07. The molecule has 0 fully saturated rings. The second kappa shape index (κ2) is 8.20. The number of para-hydroxylation sites is 1. The molecule has 0 bridgehead atoms. The highest BCUT2D eigenvalue weighted by molar-refractivity contribution is 9.10. The molecule has 0 aliphatic carbocycles. The second-order valence-corrected chi connectivity index (χ2v) is 6.14. The van der Waals surface area contributed by atoms with Crippen LogP contribution in [0.2, 0.25) is 5.02 Å². The Balaban J connectivity index is 1.81. The quantitative estimate of drug-likeness (QED) is 0.663. The van der Waals surface area contributed by atoms with Gasteiger partial charge in [-0.15, -0.1) is 0 Å².